The van der Waals surface area contributed by atoms with Gasteiger partial charge in [0, 0.05) is 27.9 Å². The number of carbonyl (C=O) groups excluding carboxylic acids is 1. The number of sulfone groups is 1. The van der Waals surface area contributed by atoms with E-state index < -0.39 is 21.3 Å². The van der Waals surface area contributed by atoms with E-state index in [-0.39, 0.29) is 35.2 Å². The minimum atomic E-state index is -3.84. The fourth-order valence-corrected chi connectivity index (χ4v) is 4.36. The van der Waals surface area contributed by atoms with E-state index in [1.54, 1.807) is 48.5 Å². The molecule has 3 aromatic rings. The number of amides is 1. The molecule has 10 heteroatoms. The zero-order valence-corrected chi connectivity index (χ0v) is 21.6. The van der Waals surface area contributed by atoms with Crippen molar-refractivity contribution >= 4 is 39.8 Å². The van der Waals surface area contributed by atoms with Crippen LogP contribution >= 0.6 is 24.0 Å². The van der Waals surface area contributed by atoms with E-state index in [1.165, 1.54) is 4.68 Å². The fourth-order valence-electron chi connectivity index (χ4n) is 3.19. The van der Waals surface area contributed by atoms with E-state index in [1.807, 2.05) is 20.8 Å². The lowest BCUT2D eigenvalue weighted by atomic mass is 10.1. The van der Waals surface area contributed by atoms with Crippen molar-refractivity contribution in [1.29, 1.82) is 0 Å². The maximum absolute atomic E-state index is 13.1. The van der Waals surface area contributed by atoms with Crippen LogP contribution < -0.4 is 11.1 Å². The predicted octanol–water partition coefficient (Wildman–Crippen LogP) is 3.86. The monoisotopic (exact) mass is 520 g/mol. The molecule has 2 aromatic carbocycles. The van der Waals surface area contributed by atoms with Crippen LogP contribution in [0.1, 0.15) is 36.8 Å². The van der Waals surface area contributed by atoms with Gasteiger partial charge in [-0.05, 0) is 57.2 Å². The van der Waals surface area contributed by atoms with E-state index in [4.69, 9.17) is 17.3 Å². The molecule has 3 rings (SSSR count). The van der Waals surface area contributed by atoms with Crippen LogP contribution in [0.2, 0.25) is 5.02 Å². The summed E-state index contributed by atoms with van der Waals surface area (Å²) in [5.41, 5.74) is 6.81. The highest BCUT2D eigenvalue weighted by Gasteiger charge is 2.32. The molecule has 0 aliphatic heterocycles. The molecule has 0 radical (unpaired) electrons. The molecule has 0 unspecified atom stereocenters. The molecule has 1 aromatic heterocycles. The smallest absolute Gasteiger partial charge is 0.273 e. The third-order valence-electron chi connectivity index (χ3n) is 4.48. The molecular weight excluding hydrogens is 495 g/mol. The minimum Gasteiger partial charge on any atom is -0.346 e. The summed E-state index contributed by atoms with van der Waals surface area (Å²) in [6.07, 6.45) is 1.06. The molecule has 1 amide bonds. The molecular formula is C24H26Cl2N4O3S. The van der Waals surface area contributed by atoms with Gasteiger partial charge in [-0.2, -0.15) is 5.10 Å². The molecule has 1 heterocycles. The standard InChI is InChI=1S/C24H25ClN4O3S.ClH/c1-24(2,3)27-23(30)20-22(33(4,31)32)21(17-9-11-18(25)12-10-17)29(28-20)19-13-7-16(8-14-19)6-5-15-26;/h7-14H,15,26H2,1-4H3,(H,27,30);1H. The number of rotatable bonds is 4. The van der Waals surface area contributed by atoms with Gasteiger partial charge in [-0.25, -0.2) is 13.1 Å². The van der Waals surface area contributed by atoms with Gasteiger partial charge in [-0.1, -0.05) is 35.6 Å². The van der Waals surface area contributed by atoms with Crippen LogP contribution in [0.5, 0.6) is 0 Å². The van der Waals surface area contributed by atoms with Gasteiger partial charge < -0.3 is 11.1 Å². The van der Waals surface area contributed by atoms with Crippen LogP contribution in [0.4, 0.5) is 0 Å². The van der Waals surface area contributed by atoms with Gasteiger partial charge in [0.15, 0.2) is 15.5 Å². The van der Waals surface area contributed by atoms with Gasteiger partial charge in [0.25, 0.3) is 5.91 Å². The Morgan fingerprint density at radius 2 is 1.71 bits per heavy atom. The summed E-state index contributed by atoms with van der Waals surface area (Å²) in [6, 6.07) is 13.8. The van der Waals surface area contributed by atoms with E-state index in [0.717, 1.165) is 11.8 Å². The maximum Gasteiger partial charge on any atom is 0.273 e. The van der Waals surface area contributed by atoms with Crippen molar-refractivity contribution in [3.8, 4) is 28.8 Å². The van der Waals surface area contributed by atoms with Gasteiger partial charge in [0.05, 0.1) is 17.9 Å². The summed E-state index contributed by atoms with van der Waals surface area (Å²) in [5, 5.41) is 7.76. The Morgan fingerprint density at radius 1 is 1.12 bits per heavy atom. The van der Waals surface area contributed by atoms with Gasteiger partial charge in [-0.15, -0.1) is 12.4 Å². The van der Waals surface area contributed by atoms with Crippen LogP contribution in [0.25, 0.3) is 16.9 Å². The Balaban J connectivity index is 0.00000408. The molecule has 0 atom stereocenters. The first-order valence-electron chi connectivity index (χ1n) is 10.1. The highest BCUT2D eigenvalue weighted by atomic mass is 35.5. The number of nitrogens with one attached hydrogen (secondary N) is 1. The third-order valence-corrected chi connectivity index (χ3v) is 5.86. The third kappa shape index (κ3) is 6.39. The van der Waals surface area contributed by atoms with Crippen LogP contribution in [-0.4, -0.2) is 42.4 Å². The largest absolute Gasteiger partial charge is 0.346 e. The Kier molecular flexibility index (Phi) is 8.56. The number of carbonyl (C=O) groups is 1. The van der Waals surface area contributed by atoms with Gasteiger partial charge in [-0.3, -0.25) is 4.79 Å². The number of nitrogens with two attached hydrogens (primary N) is 1. The van der Waals surface area contributed by atoms with Crippen LogP contribution in [0.3, 0.4) is 0 Å². The van der Waals surface area contributed by atoms with E-state index in [0.29, 0.717) is 16.3 Å². The van der Waals surface area contributed by atoms with Gasteiger partial charge in [0.2, 0.25) is 0 Å². The number of benzene rings is 2. The average molecular weight is 521 g/mol. The van der Waals surface area contributed by atoms with Crippen molar-refractivity contribution in [3.05, 3.63) is 64.8 Å². The number of hydrogen-bond acceptors (Lipinski definition) is 5. The first-order valence-corrected chi connectivity index (χ1v) is 12.4. The summed E-state index contributed by atoms with van der Waals surface area (Å²) in [5.74, 6) is 5.15. The summed E-state index contributed by atoms with van der Waals surface area (Å²) >= 11 is 6.05. The molecule has 180 valence electrons. The van der Waals surface area contributed by atoms with Crippen molar-refractivity contribution in [2.24, 2.45) is 5.73 Å². The molecule has 0 saturated carbocycles. The van der Waals surface area contributed by atoms with Crippen molar-refractivity contribution in [2.45, 2.75) is 31.2 Å². The molecule has 0 fully saturated rings. The molecule has 0 spiro atoms. The number of nitrogens with zero attached hydrogens (tertiary/aromatic N) is 2. The Morgan fingerprint density at radius 3 is 2.21 bits per heavy atom. The van der Waals surface area contributed by atoms with Crippen LogP contribution in [-0.2, 0) is 9.84 Å². The second-order valence-corrected chi connectivity index (χ2v) is 10.9. The predicted molar refractivity (Wildman–Crippen MR) is 138 cm³/mol. The molecule has 0 aliphatic rings. The van der Waals surface area contributed by atoms with Crippen molar-refractivity contribution in [2.75, 3.05) is 12.8 Å². The molecule has 7 nitrogen and oxygen atoms in total. The molecule has 0 saturated heterocycles. The first-order chi connectivity index (χ1) is 15.4. The summed E-state index contributed by atoms with van der Waals surface area (Å²) in [4.78, 5) is 12.9. The molecule has 0 bridgehead atoms. The first kappa shape index (κ1) is 27.4. The number of aromatic nitrogens is 2. The lowest BCUT2D eigenvalue weighted by molar-refractivity contribution is 0.0910. The Labute approximate surface area is 211 Å². The minimum absolute atomic E-state index is 0. The van der Waals surface area contributed by atoms with Crippen molar-refractivity contribution < 1.29 is 13.2 Å². The molecule has 34 heavy (non-hydrogen) atoms. The lowest BCUT2D eigenvalue weighted by Gasteiger charge is -2.19. The van der Waals surface area contributed by atoms with Gasteiger partial charge >= 0.3 is 0 Å². The van der Waals surface area contributed by atoms with Crippen molar-refractivity contribution in [1.82, 2.24) is 15.1 Å². The number of halogens is 2. The van der Waals surface area contributed by atoms with Gasteiger partial charge in [0.1, 0.15) is 4.90 Å². The molecule has 3 N–H and O–H groups in total. The zero-order valence-electron chi connectivity index (χ0n) is 19.2. The topological polar surface area (TPSA) is 107 Å². The van der Waals surface area contributed by atoms with Crippen LogP contribution in [0.15, 0.2) is 53.4 Å². The highest BCUT2D eigenvalue weighted by molar-refractivity contribution is 7.91. The number of hydrogen-bond donors (Lipinski definition) is 2. The summed E-state index contributed by atoms with van der Waals surface area (Å²) in [6.45, 7) is 5.67. The van der Waals surface area contributed by atoms with Crippen LogP contribution in [0, 0.1) is 11.8 Å². The summed E-state index contributed by atoms with van der Waals surface area (Å²) < 4.78 is 27.3. The Hall–Kier alpha value is -2.83. The molecule has 0 aliphatic carbocycles. The zero-order chi connectivity index (χ0) is 24.4. The summed E-state index contributed by atoms with van der Waals surface area (Å²) in [7, 11) is -3.84. The van der Waals surface area contributed by atoms with Crippen molar-refractivity contribution in [3.63, 3.8) is 0 Å². The fraction of sp³-hybridized carbons (Fsp3) is 0.250. The average Bonchev–Trinajstić information content (AvgIpc) is 3.13. The highest BCUT2D eigenvalue weighted by Crippen LogP contribution is 2.33. The normalized spacial score (nSPS) is 11.2. The Bertz CT molecular complexity index is 1350. The van der Waals surface area contributed by atoms with E-state index in [2.05, 4.69) is 22.3 Å². The lowest BCUT2D eigenvalue weighted by Crippen LogP contribution is -2.41. The quantitative estimate of drug-likeness (QED) is 0.508. The SMILES string of the molecule is CC(C)(C)NC(=O)c1nn(-c2ccc(C#CCN)cc2)c(-c2ccc(Cl)cc2)c1S(C)(=O)=O.Cl. The van der Waals surface area contributed by atoms with E-state index in [9.17, 15) is 13.2 Å². The maximum atomic E-state index is 13.1. The van der Waals surface area contributed by atoms with E-state index >= 15 is 0 Å². The second-order valence-electron chi connectivity index (χ2n) is 8.47. The second kappa shape index (κ2) is 10.6.